The van der Waals surface area contributed by atoms with E-state index in [-0.39, 0.29) is 0 Å². The zero-order chi connectivity index (χ0) is 18.6. The number of rotatable bonds is 2. The van der Waals surface area contributed by atoms with Gasteiger partial charge in [0.25, 0.3) is 0 Å². The van der Waals surface area contributed by atoms with Gasteiger partial charge in [0.2, 0.25) is 0 Å². The van der Waals surface area contributed by atoms with Crippen LogP contribution in [0.3, 0.4) is 0 Å². The number of hydrogen-bond acceptors (Lipinski definition) is 1. The minimum Gasteiger partial charge on any atom is -0.497 e. The zero-order valence-electron chi connectivity index (χ0n) is 17.5. The molecule has 146 valence electrons. The zero-order valence-corrected chi connectivity index (χ0v) is 17.5. The first kappa shape index (κ1) is 17.8. The number of hydrogen-bond donors (Lipinski definition) is 0. The van der Waals surface area contributed by atoms with Crippen molar-refractivity contribution in [2.75, 3.05) is 7.11 Å². The summed E-state index contributed by atoms with van der Waals surface area (Å²) in [5, 5.41) is 0. The second kappa shape index (κ2) is 6.39. The van der Waals surface area contributed by atoms with Gasteiger partial charge in [-0.3, -0.25) is 0 Å². The first-order chi connectivity index (χ1) is 13.1. The van der Waals surface area contributed by atoms with Gasteiger partial charge in [-0.15, -0.1) is 0 Å². The molecule has 0 saturated heterocycles. The molecule has 5 rings (SSSR count). The highest BCUT2D eigenvalue weighted by Gasteiger charge is 2.58. The maximum Gasteiger partial charge on any atom is 0.118 e. The molecule has 1 nitrogen and oxygen atoms in total. The molecule has 0 N–H and O–H groups in total. The molecular formula is C26H36O. The van der Waals surface area contributed by atoms with Gasteiger partial charge in [-0.25, -0.2) is 0 Å². The summed E-state index contributed by atoms with van der Waals surface area (Å²) in [4.78, 5) is 0. The van der Waals surface area contributed by atoms with Crippen LogP contribution in [0.4, 0.5) is 0 Å². The van der Waals surface area contributed by atoms with E-state index in [4.69, 9.17) is 4.74 Å². The van der Waals surface area contributed by atoms with E-state index in [1.54, 1.807) is 12.7 Å². The molecule has 0 bridgehead atoms. The van der Waals surface area contributed by atoms with Gasteiger partial charge in [0.05, 0.1) is 7.11 Å². The summed E-state index contributed by atoms with van der Waals surface area (Å²) in [6.07, 6.45) is 15.5. The Labute approximate surface area is 165 Å². The maximum atomic E-state index is 5.39. The number of allylic oxidation sites excluding steroid dienone is 2. The number of fused-ring (bicyclic) bond motifs is 5. The van der Waals surface area contributed by atoms with Crippen molar-refractivity contribution in [1.29, 1.82) is 0 Å². The molecule has 3 fully saturated rings. The van der Waals surface area contributed by atoms with Gasteiger partial charge in [-0.2, -0.15) is 0 Å². The smallest absolute Gasteiger partial charge is 0.118 e. The predicted octanol–water partition coefficient (Wildman–Crippen LogP) is 7.13. The van der Waals surface area contributed by atoms with Crippen molar-refractivity contribution in [1.82, 2.24) is 0 Å². The molecule has 1 heteroatoms. The second-order valence-electron chi connectivity index (χ2n) is 10.4. The quantitative estimate of drug-likeness (QED) is 0.507. The van der Waals surface area contributed by atoms with Crippen LogP contribution >= 0.6 is 0 Å². The van der Waals surface area contributed by atoms with Crippen LogP contribution < -0.4 is 4.74 Å². The highest BCUT2D eigenvalue weighted by atomic mass is 16.5. The highest BCUT2D eigenvalue weighted by molar-refractivity contribution is 5.33. The van der Waals surface area contributed by atoms with E-state index in [1.165, 1.54) is 57.8 Å². The molecule has 0 radical (unpaired) electrons. The maximum absolute atomic E-state index is 5.39. The lowest BCUT2D eigenvalue weighted by Crippen LogP contribution is -2.49. The van der Waals surface area contributed by atoms with Crippen LogP contribution in [0.5, 0.6) is 5.75 Å². The SMILES string of the molecule is COc1ccc([C@H]2CC[C@H]3[C@@H]4CC=C5CCCC[C@]5(C)[C@H]4CC[C@]23C)cc1. The van der Waals surface area contributed by atoms with Crippen molar-refractivity contribution in [3.05, 3.63) is 41.5 Å². The average molecular weight is 365 g/mol. The van der Waals surface area contributed by atoms with Crippen LogP contribution in [0, 0.1) is 28.6 Å². The van der Waals surface area contributed by atoms with E-state index in [9.17, 15) is 0 Å². The molecule has 0 amide bonds. The fraction of sp³-hybridized carbons (Fsp3) is 0.692. The number of ether oxygens (including phenoxy) is 1. The van der Waals surface area contributed by atoms with Gasteiger partial charge in [0.1, 0.15) is 5.75 Å². The third-order valence-corrected chi connectivity index (χ3v) is 9.54. The molecule has 0 aromatic heterocycles. The molecule has 3 saturated carbocycles. The molecule has 4 aliphatic carbocycles. The molecular weight excluding hydrogens is 328 g/mol. The van der Waals surface area contributed by atoms with Crippen LogP contribution in [0.25, 0.3) is 0 Å². The Morgan fingerprint density at radius 3 is 2.52 bits per heavy atom. The molecule has 1 aromatic carbocycles. The lowest BCUT2D eigenvalue weighted by molar-refractivity contribution is -0.0307. The molecule has 0 spiro atoms. The van der Waals surface area contributed by atoms with Crippen LogP contribution in [0.1, 0.15) is 83.1 Å². The summed E-state index contributed by atoms with van der Waals surface area (Å²) < 4.78 is 5.39. The van der Waals surface area contributed by atoms with E-state index in [0.717, 1.165) is 29.4 Å². The molecule has 0 unspecified atom stereocenters. The van der Waals surface area contributed by atoms with Crippen LogP contribution in [0.15, 0.2) is 35.9 Å². The monoisotopic (exact) mass is 364 g/mol. The normalized spacial score (nSPS) is 43.3. The Balaban J connectivity index is 1.44. The summed E-state index contributed by atoms with van der Waals surface area (Å²) >= 11 is 0. The van der Waals surface area contributed by atoms with Crippen LogP contribution in [0.2, 0.25) is 0 Å². The molecule has 6 atom stereocenters. The van der Waals surface area contributed by atoms with Crippen LogP contribution in [-0.2, 0) is 0 Å². The fourth-order valence-electron chi connectivity index (χ4n) is 8.08. The fourth-order valence-corrected chi connectivity index (χ4v) is 8.08. The minimum atomic E-state index is 0.492. The third-order valence-electron chi connectivity index (χ3n) is 9.54. The van der Waals surface area contributed by atoms with Gasteiger partial charge < -0.3 is 4.74 Å². The second-order valence-corrected chi connectivity index (χ2v) is 10.4. The summed E-state index contributed by atoms with van der Waals surface area (Å²) in [6, 6.07) is 9.00. The Kier molecular flexibility index (Phi) is 4.22. The molecule has 0 aliphatic heterocycles. The lowest BCUT2D eigenvalue weighted by Gasteiger charge is -2.57. The predicted molar refractivity (Wildman–Crippen MR) is 112 cm³/mol. The summed E-state index contributed by atoms with van der Waals surface area (Å²) in [5.41, 5.74) is 4.41. The highest BCUT2D eigenvalue weighted by Crippen LogP contribution is 2.67. The summed E-state index contributed by atoms with van der Waals surface area (Å²) in [5.74, 6) is 4.51. The Morgan fingerprint density at radius 2 is 1.74 bits per heavy atom. The Bertz CT molecular complexity index is 731. The largest absolute Gasteiger partial charge is 0.497 e. The Hall–Kier alpha value is -1.24. The summed E-state index contributed by atoms with van der Waals surface area (Å²) in [6.45, 7) is 5.27. The Morgan fingerprint density at radius 1 is 0.926 bits per heavy atom. The van der Waals surface area contributed by atoms with E-state index < -0.39 is 0 Å². The van der Waals surface area contributed by atoms with Crippen molar-refractivity contribution < 1.29 is 4.74 Å². The number of benzene rings is 1. The van der Waals surface area contributed by atoms with Crippen molar-refractivity contribution in [3.63, 3.8) is 0 Å². The molecule has 4 aliphatic rings. The van der Waals surface area contributed by atoms with Crippen molar-refractivity contribution in [2.45, 2.75) is 77.6 Å². The first-order valence-electron chi connectivity index (χ1n) is 11.4. The first-order valence-corrected chi connectivity index (χ1v) is 11.4. The van der Waals surface area contributed by atoms with Crippen molar-refractivity contribution in [3.8, 4) is 5.75 Å². The van der Waals surface area contributed by atoms with Gasteiger partial charge >= 0.3 is 0 Å². The van der Waals surface area contributed by atoms with E-state index in [2.05, 4.69) is 44.2 Å². The van der Waals surface area contributed by atoms with Gasteiger partial charge in [-0.1, -0.05) is 44.1 Å². The summed E-state index contributed by atoms with van der Waals surface area (Å²) in [7, 11) is 1.76. The molecule has 27 heavy (non-hydrogen) atoms. The van der Waals surface area contributed by atoms with Gasteiger partial charge in [0.15, 0.2) is 0 Å². The number of methoxy groups -OCH3 is 1. The van der Waals surface area contributed by atoms with E-state index >= 15 is 0 Å². The minimum absolute atomic E-state index is 0.492. The van der Waals surface area contributed by atoms with Crippen molar-refractivity contribution in [2.24, 2.45) is 28.6 Å². The average Bonchev–Trinajstić information content (AvgIpc) is 3.05. The van der Waals surface area contributed by atoms with Gasteiger partial charge in [0, 0.05) is 0 Å². The molecule has 0 heterocycles. The molecule has 1 aromatic rings. The topological polar surface area (TPSA) is 9.23 Å². The van der Waals surface area contributed by atoms with E-state index in [0.29, 0.717) is 10.8 Å². The van der Waals surface area contributed by atoms with E-state index in [1.807, 2.05) is 5.57 Å². The standard InChI is InChI=1S/C26H36O/c1-25-16-5-4-6-19(25)9-12-21-23-14-13-22(26(23,2)17-15-24(21)25)18-7-10-20(27-3)11-8-18/h7-11,21-24H,4-6,12-17H2,1-3H3/t21-,22+,23-,24-,25-,26+/m0/s1. The van der Waals surface area contributed by atoms with Crippen molar-refractivity contribution >= 4 is 0 Å². The third kappa shape index (κ3) is 2.56. The van der Waals surface area contributed by atoms with Crippen LogP contribution in [-0.4, -0.2) is 7.11 Å². The lowest BCUT2D eigenvalue weighted by atomic mass is 9.47. The van der Waals surface area contributed by atoms with Gasteiger partial charge in [-0.05, 0) is 104 Å².